The normalized spacial score (nSPS) is 11.2. The summed E-state index contributed by atoms with van der Waals surface area (Å²) in [6.45, 7) is 0. The van der Waals surface area contributed by atoms with Crippen LogP contribution in [0.4, 0.5) is 54.9 Å². The minimum Gasteiger partial charge on any atom is -0.393 e. The first-order chi connectivity index (χ1) is 23.9. The van der Waals surface area contributed by atoms with E-state index in [4.69, 9.17) is 40.5 Å². The molecule has 2 aromatic carbocycles. The molecule has 4 aromatic heterocycles. The number of alkyl halides is 6. The summed E-state index contributed by atoms with van der Waals surface area (Å²) in [5.41, 5.74) is 3.14. The highest BCUT2D eigenvalue weighted by atomic mass is 35.5. The molecule has 0 saturated heterocycles. The topological polar surface area (TPSA) is 227 Å². The summed E-state index contributed by atoms with van der Waals surface area (Å²) in [7, 11) is 0. The molecule has 264 valence electrons. The number of anilines is 3. The van der Waals surface area contributed by atoms with E-state index in [-0.39, 0.29) is 38.9 Å². The van der Waals surface area contributed by atoms with Crippen LogP contribution in [0.1, 0.15) is 11.1 Å². The monoisotopic (exact) mass is 776 g/mol. The molecule has 0 fully saturated rings. The maximum Gasteiger partial charge on any atom is 0.421 e. The van der Waals surface area contributed by atoms with Crippen LogP contribution in [0.3, 0.4) is 0 Å². The van der Waals surface area contributed by atoms with Gasteiger partial charge in [-0.05, 0) is 47.5 Å². The molecule has 0 saturated carbocycles. The molecule has 0 atom stereocenters. The Morgan fingerprint density at radius 3 is 1.63 bits per heavy atom. The van der Waals surface area contributed by atoms with Crippen molar-refractivity contribution in [1.29, 1.82) is 0 Å². The molecule has 0 aliphatic heterocycles. The number of rotatable bonds is 4. The third kappa shape index (κ3) is 9.23. The molecule has 0 amide bonds. The quantitative estimate of drug-likeness (QED) is 0.0437. The molecule has 0 radical (unpaired) electrons. The van der Waals surface area contributed by atoms with Crippen molar-refractivity contribution in [3.63, 3.8) is 0 Å². The third-order valence-corrected chi connectivity index (χ3v) is 6.61. The number of nitrogens with zero attached hydrogens (tertiary/aromatic N) is 10. The zero-order chi connectivity index (χ0) is 37.7. The van der Waals surface area contributed by atoms with E-state index < -0.39 is 55.3 Å². The number of nitrogens with one attached hydrogen (secondary N) is 1. The molecule has 0 unspecified atom stereocenters. The zero-order valence-electron chi connectivity index (χ0n) is 24.4. The van der Waals surface area contributed by atoms with Gasteiger partial charge in [0.25, 0.3) is 0 Å². The molecule has 25 heteroatoms. The fourth-order valence-corrected chi connectivity index (χ4v) is 4.40. The summed E-state index contributed by atoms with van der Waals surface area (Å²) in [5.74, 6) is -0.709. The Labute approximate surface area is 293 Å². The molecule has 6 aromatic rings. The maximum atomic E-state index is 13.1. The van der Waals surface area contributed by atoms with Gasteiger partial charge in [-0.1, -0.05) is 11.6 Å². The highest BCUT2D eigenvalue weighted by Crippen LogP contribution is 2.38. The SMILES string of the molecule is FC(F)(F)c1cnc(Cl)nc1Cl.Nc1ccc2nccnc2c1[N+](=O)[O-].O=[N+]([O-])c1c(Nc2nc(Cl)ncc2C(F)(F)F)ccc2nccnc12. The van der Waals surface area contributed by atoms with Crippen molar-refractivity contribution in [2.45, 2.75) is 12.4 Å². The Morgan fingerprint density at radius 1 is 0.647 bits per heavy atom. The lowest BCUT2D eigenvalue weighted by atomic mass is 10.2. The van der Waals surface area contributed by atoms with Crippen LogP contribution in [0.2, 0.25) is 15.7 Å². The number of nitrogens with two attached hydrogens (primary N) is 1. The van der Waals surface area contributed by atoms with Gasteiger partial charge in [-0.25, -0.2) is 24.9 Å². The van der Waals surface area contributed by atoms with Gasteiger partial charge in [0, 0.05) is 37.2 Å². The summed E-state index contributed by atoms with van der Waals surface area (Å²) >= 11 is 15.9. The Hall–Kier alpha value is -5.87. The summed E-state index contributed by atoms with van der Waals surface area (Å²) in [6.07, 6.45) is -2.84. The summed E-state index contributed by atoms with van der Waals surface area (Å²) in [5, 5.41) is 22.9. The first-order valence-corrected chi connectivity index (χ1v) is 14.2. The van der Waals surface area contributed by atoms with E-state index in [2.05, 4.69) is 45.2 Å². The van der Waals surface area contributed by atoms with E-state index in [1.165, 1.54) is 43.0 Å². The average molecular weight is 778 g/mol. The molecule has 51 heavy (non-hydrogen) atoms. The van der Waals surface area contributed by atoms with Crippen molar-refractivity contribution in [1.82, 2.24) is 39.9 Å². The predicted octanol–water partition coefficient (Wildman–Crippen LogP) is 7.67. The Morgan fingerprint density at radius 2 is 1.12 bits per heavy atom. The van der Waals surface area contributed by atoms with Gasteiger partial charge >= 0.3 is 23.7 Å². The van der Waals surface area contributed by atoms with Crippen molar-refractivity contribution >= 4 is 85.4 Å². The number of aromatic nitrogens is 8. The van der Waals surface area contributed by atoms with Gasteiger partial charge in [0.2, 0.25) is 10.6 Å². The second-order valence-electron chi connectivity index (χ2n) is 9.19. The number of nitro benzene ring substituents is 2. The molecule has 0 aliphatic carbocycles. The zero-order valence-corrected chi connectivity index (χ0v) is 26.6. The fraction of sp³-hybridized carbons (Fsp3) is 0.0769. The number of nitro groups is 2. The Balaban J connectivity index is 0.000000189. The van der Waals surface area contributed by atoms with E-state index in [1.54, 1.807) is 6.07 Å². The van der Waals surface area contributed by atoms with Crippen molar-refractivity contribution < 1.29 is 36.2 Å². The lowest BCUT2D eigenvalue weighted by molar-refractivity contribution is -0.382. The van der Waals surface area contributed by atoms with Crippen LogP contribution >= 0.6 is 34.8 Å². The largest absolute Gasteiger partial charge is 0.421 e. The third-order valence-electron chi connectivity index (χ3n) is 5.96. The summed E-state index contributed by atoms with van der Waals surface area (Å²) in [6, 6.07) is 5.65. The molecule has 16 nitrogen and oxygen atoms in total. The van der Waals surface area contributed by atoms with Crippen LogP contribution < -0.4 is 11.1 Å². The second-order valence-corrected chi connectivity index (χ2v) is 10.2. The highest BCUT2D eigenvalue weighted by molar-refractivity contribution is 6.32. The standard InChI is InChI=1S/C13H6ClF3N6O2.C8H6N4O2.C5HCl2F3N2/c14-12-20-5-6(13(15,16)17)11(22-12)21-8-2-1-7-9(10(8)23(24)25)19-4-3-18-7;9-5-1-2-6-7(8(5)12(13)14)11-4-3-10-6;6-3-2(5(8,9)10)1-11-4(7)12-3/h1-5H,(H,20,21,22);1-4H,9H2;1H. The minimum atomic E-state index is -4.78. The van der Waals surface area contributed by atoms with Gasteiger partial charge in [0.1, 0.15) is 33.5 Å². The van der Waals surface area contributed by atoms with Crippen molar-refractivity contribution in [2.75, 3.05) is 11.1 Å². The first-order valence-electron chi connectivity index (χ1n) is 13.0. The lowest BCUT2D eigenvalue weighted by Gasteiger charge is -2.13. The van der Waals surface area contributed by atoms with E-state index >= 15 is 0 Å². The molecule has 6 rings (SSSR count). The number of hydrogen-bond donors (Lipinski definition) is 2. The first kappa shape index (κ1) is 37.9. The lowest BCUT2D eigenvalue weighted by Crippen LogP contribution is -2.12. The van der Waals surface area contributed by atoms with Gasteiger partial charge in [0.15, 0.2) is 11.0 Å². The number of hydrogen-bond acceptors (Lipinski definition) is 14. The van der Waals surface area contributed by atoms with Gasteiger partial charge in [-0.2, -0.15) is 31.3 Å². The van der Waals surface area contributed by atoms with Crippen LogP contribution in [0.15, 0.2) is 61.4 Å². The Bertz CT molecular complexity index is 2270. The van der Waals surface area contributed by atoms with Gasteiger partial charge in [-0.3, -0.25) is 30.2 Å². The minimum absolute atomic E-state index is 0.0776. The molecular formula is C26H13Cl3F6N12O4. The molecule has 0 spiro atoms. The fourth-order valence-electron chi connectivity index (χ4n) is 3.86. The van der Waals surface area contributed by atoms with E-state index in [1.807, 2.05) is 0 Å². The van der Waals surface area contributed by atoms with Gasteiger partial charge < -0.3 is 11.1 Å². The van der Waals surface area contributed by atoms with E-state index in [0.29, 0.717) is 17.9 Å². The molecule has 3 N–H and O–H groups in total. The highest BCUT2D eigenvalue weighted by Gasteiger charge is 2.36. The van der Waals surface area contributed by atoms with Crippen LogP contribution in [-0.4, -0.2) is 49.7 Å². The van der Waals surface area contributed by atoms with Crippen LogP contribution in [0, 0.1) is 20.2 Å². The number of fused-ring (bicyclic) bond motifs is 2. The van der Waals surface area contributed by atoms with Gasteiger partial charge in [0.05, 0.1) is 20.9 Å². The second kappa shape index (κ2) is 15.3. The van der Waals surface area contributed by atoms with Gasteiger partial charge in [-0.15, -0.1) is 0 Å². The number of benzene rings is 2. The summed E-state index contributed by atoms with van der Waals surface area (Å²) in [4.78, 5) is 49.4. The van der Waals surface area contributed by atoms with Crippen molar-refractivity contribution in [2.24, 2.45) is 0 Å². The van der Waals surface area contributed by atoms with E-state index in [9.17, 15) is 46.6 Å². The number of halogens is 9. The average Bonchev–Trinajstić information content (AvgIpc) is 3.03. The van der Waals surface area contributed by atoms with Crippen molar-refractivity contribution in [3.05, 3.63) is 109 Å². The molecule has 0 aliphatic rings. The van der Waals surface area contributed by atoms with Crippen LogP contribution in [0.25, 0.3) is 22.1 Å². The van der Waals surface area contributed by atoms with Crippen LogP contribution in [-0.2, 0) is 12.4 Å². The molecular weight excluding hydrogens is 765 g/mol. The van der Waals surface area contributed by atoms with Crippen LogP contribution in [0.5, 0.6) is 0 Å². The maximum absolute atomic E-state index is 13.1. The molecule has 0 bridgehead atoms. The van der Waals surface area contributed by atoms with E-state index in [0.717, 1.165) is 0 Å². The summed E-state index contributed by atoms with van der Waals surface area (Å²) < 4.78 is 75.1. The molecule has 4 heterocycles. The number of nitrogen functional groups attached to an aromatic ring is 1. The Kier molecular flexibility index (Phi) is 11.4. The predicted molar refractivity (Wildman–Crippen MR) is 169 cm³/mol. The van der Waals surface area contributed by atoms with Crippen molar-refractivity contribution in [3.8, 4) is 0 Å². The smallest absolute Gasteiger partial charge is 0.393 e.